The molecule has 0 fully saturated rings. The summed E-state index contributed by atoms with van der Waals surface area (Å²) in [5, 5.41) is 18.1. The summed E-state index contributed by atoms with van der Waals surface area (Å²) >= 11 is 1.15. The minimum absolute atomic E-state index is 0.224. The first-order chi connectivity index (χ1) is 16.5. The van der Waals surface area contributed by atoms with Crippen molar-refractivity contribution >= 4 is 34.8 Å². The van der Waals surface area contributed by atoms with E-state index in [2.05, 4.69) is 26.2 Å². The van der Waals surface area contributed by atoms with Crippen molar-refractivity contribution in [2.45, 2.75) is 13.0 Å². The molecule has 0 aliphatic carbocycles. The molecule has 2 amide bonds. The largest absolute Gasteiger partial charge is 0.451 e. The topological polar surface area (TPSA) is 128 Å². The van der Waals surface area contributed by atoms with Gasteiger partial charge in [-0.15, -0.1) is 16.4 Å². The van der Waals surface area contributed by atoms with Gasteiger partial charge in [0.05, 0.1) is 23.0 Å². The zero-order valence-electron chi connectivity index (χ0n) is 18.0. The molecule has 0 radical (unpaired) electrons. The summed E-state index contributed by atoms with van der Waals surface area (Å²) in [5.74, 6) is -1.60. The Hall–Kier alpha value is -4.38. The summed E-state index contributed by atoms with van der Waals surface area (Å²) in [6.07, 6.45) is 1.35. The Bertz CT molecular complexity index is 1290. The van der Waals surface area contributed by atoms with Crippen LogP contribution >= 0.6 is 11.3 Å². The number of hydrogen-bond donors (Lipinski definition) is 2. The van der Waals surface area contributed by atoms with Crippen LogP contribution in [-0.2, 0) is 9.53 Å². The van der Waals surface area contributed by atoms with E-state index in [1.807, 2.05) is 37.3 Å². The minimum Gasteiger partial charge on any atom is -0.451 e. The number of ether oxygens (including phenoxy) is 1. The number of nitrogens with zero attached hydrogens (tertiary/aromatic N) is 4. The number of thiophene rings is 1. The number of nitrogens with one attached hydrogen (secondary N) is 2. The molecule has 2 aromatic heterocycles. The van der Waals surface area contributed by atoms with Crippen LogP contribution in [0.25, 0.3) is 5.69 Å². The van der Waals surface area contributed by atoms with Crippen LogP contribution in [0.2, 0.25) is 0 Å². The molecule has 172 valence electrons. The number of aromatic nitrogens is 4. The number of anilines is 1. The predicted molar refractivity (Wildman–Crippen MR) is 125 cm³/mol. The highest BCUT2D eigenvalue weighted by molar-refractivity contribution is 7.12. The Morgan fingerprint density at radius 3 is 2.59 bits per heavy atom. The van der Waals surface area contributed by atoms with Gasteiger partial charge in [-0.1, -0.05) is 42.5 Å². The van der Waals surface area contributed by atoms with Crippen LogP contribution in [0.4, 0.5) is 5.69 Å². The van der Waals surface area contributed by atoms with Crippen LogP contribution in [0, 0.1) is 0 Å². The fourth-order valence-corrected chi connectivity index (χ4v) is 3.95. The van der Waals surface area contributed by atoms with E-state index in [0.29, 0.717) is 16.9 Å². The van der Waals surface area contributed by atoms with E-state index in [9.17, 15) is 14.4 Å². The fourth-order valence-electron chi connectivity index (χ4n) is 3.18. The number of tetrazole rings is 1. The molecular formula is C23H20N6O4S. The van der Waals surface area contributed by atoms with Crippen molar-refractivity contribution in [3.05, 3.63) is 88.4 Å². The molecule has 4 aromatic rings. The van der Waals surface area contributed by atoms with Gasteiger partial charge in [-0.05, 0) is 46.5 Å². The van der Waals surface area contributed by atoms with Gasteiger partial charge in [0.25, 0.3) is 11.8 Å². The van der Waals surface area contributed by atoms with E-state index in [0.717, 1.165) is 16.9 Å². The molecule has 4 rings (SSSR count). The summed E-state index contributed by atoms with van der Waals surface area (Å²) in [4.78, 5) is 38.0. The van der Waals surface area contributed by atoms with Gasteiger partial charge in [-0.25, -0.2) is 4.79 Å². The van der Waals surface area contributed by atoms with Crippen LogP contribution in [0.15, 0.2) is 72.4 Å². The zero-order chi connectivity index (χ0) is 23.9. The van der Waals surface area contributed by atoms with Gasteiger partial charge in [0, 0.05) is 0 Å². The van der Waals surface area contributed by atoms with E-state index in [-0.39, 0.29) is 16.8 Å². The van der Waals surface area contributed by atoms with Gasteiger partial charge < -0.3 is 15.4 Å². The van der Waals surface area contributed by atoms with E-state index in [4.69, 9.17) is 4.74 Å². The van der Waals surface area contributed by atoms with Crippen LogP contribution in [0.5, 0.6) is 0 Å². The smallest absolute Gasteiger partial charge is 0.351 e. The summed E-state index contributed by atoms with van der Waals surface area (Å²) in [7, 11) is 0. The lowest BCUT2D eigenvalue weighted by molar-refractivity contribution is -0.119. The Morgan fingerprint density at radius 2 is 1.82 bits per heavy atom. The molecule has 0 saturated heterocycles. The highest BCUT2D eigenvalue weighted by Crippen LogP contribution is 2.21. The number of hydrogen-bond acceptors (Lipinski definition) is 8. The first-order valence-electron chi connectivity index (χ1n) is 10.3. The predicted octanol–water partition coefficient (Wildman–Crippen LogP) is 3.01. The summed E-state index contributed by atoms with van der Waals surface area (Å²) < 4.78 is 6.49. The average Bonchev–Trinajstić information content (AvgIpc) is 3.55. The van der Waals surface area contributed by atoms with Crippen LogP contribution in [0.3, 0.4) is 0 Å². The van der Waals surface area contributed by atoms with Crippen molar-refractivity contribution in [1.29, 1.82) is 0 Å². The maximum Gasteiger partial charge on any atom is 0.351 e. The Labute approximate surface area is 198 Å². The van der Waals surface area contributed by atoms with Crippen molar-refractivity contribution in [3.8, 4) is 5.69 Å². The number of benzene rings is 2. The number of rotatable bonds is 8. The quantitative estimate of drug-likeness (QED) is 0.374. The molecular weight excluding hydrogens is 456 g/mol. The zero-order valence-corrected chi connectivity index (χ0v) is 18.9. The van der Waals surface area contributed by atoms with Crippen LogP contribution < -0.4 is 10.6 Å². The second-order valence-electron chi connectivity index (χ2n) is 7.17. The monoisotopic (exact) mass is 476 g/mol. The van der Waals surface area contributed by atoms with Crippen LogP contribution in [-0.4, -0.2) is 44.6 Å². The van der Waals surface area contributed by atoms with Gasteiger partial charge in [0.1, 0.15) is 11.2 Å². The second-order valence-corrected chi connectivity index (χ2v) is 8.08. The maximum absolute atomic E-state index is 12.8. The lowest BCUT2D eigenvalue weighted by Crippen LogP contribution is -2.28. The van der Waals surface area contributed by atoms with Gasteiger partial charge in [0.2, 0.25) is 0 Å². The molecule has 2 aromatic carbocycles. The summed E-state index contributed by atoms with van der Waals surface area (Å²) in [5.41, 5.74) is 2.02. The third kappa shape index (κ3) is 5.33. The molecule has 10 nitrogen and oxygen atoms in total. The van der Waals surface area contributed by atoms with Gasteiger partial charge in [-0.2, -0.15) is 4.68 Å². The van der Waals surface area contributed by atoms with Crippen LogP contribution in [0.1, 0.15) is 38.6 Å². The Balaban J connectivity index is 1.37. The standard InChI is InChI=1S/C23H20N6O4S/c1-15(16-7-3-2-4-8-16)25-22(31)17-9-5-6-10-18(17)26-20(30)13-33-23(32)21-19(11-12-34-21)29-14-24-27-28-29/h2-12,14-15H,13H2,1H3,(H,25,31)(H,26,30). The highest BCUT2D eigenvalue weighted by Gasteiger charge is 2.20. The van der Waals surface area contributed by atoms with E-state index in [1.54, 1.807) is 35.7 Å². The molecule has 0 bridgehead atoms. The molecule has 1 atom stereocenters. The Kier molecular flexibility index (Phi) is 7.04. The molecule has 0 spiro atoms. The lowest BCUT2D eigenvalue weighted by Gasteiger charge is -2.16. The van der Waals surface area contributed by atoms with Crippen molar-refractivity contribution in [3.63, 3.8) is 0 Å². The van der Waals surface area contributed by atoms with Crippen molar-refractivity contribution in [2.24, 2.45) is 0 Å². The summed E-state index contributed by atoms with van der Waals surface area (Å²) in [6, 6.07) is 17.6. The number of carbonyl (C=O) groups excluding carboxylic acids is 3. The van der Waals surface area contributed by atoms with E-state index >= 15 is 0 Å². The number of amides is 2. The van der Waals surface area contributed by atoms with Gasteiger partial charge in [0.15, 0.2) is 6.61 Å². The van der Waals surface area contributed by atoms with Crippen molar-refractivity contribution < 1.29 is 19.1 Å². The van der Waals surface area contributed by atoms with E-state index in [1.165, 1.54) is 11.0 Å². The molecule has 0 aliphatic rings. The second kappa shape index (κ2) is 10.5. The fraction of sp³-hybridized carbons (Fsp3) is 0.130. The third-order valence-electron chi connectivity index (χ3n) is 4.85. The minimum atomic E-state index is -0.682. The SMILES string of the molecule is CC(NC(=O)c1ccccc1NC(=O)COC(=O)c1sccc1-n1cnnn1)c1ccccc1. The first kappa shape index (κ1) is 22.8. The first-order valence-corrected chi connectivity index (χ1v) is 11.1. The van der Waals surface area contributed by atoms with Gasteiger partial charge >= 0.3 is 5.97 Å². The molecule has 2 heterocycles. The maximum atomic E-state index is 12.8. The number of para-hydroxylation sites is 1. The molecule has 1 unspecified atom stereocenters. The Morgan fingerprint density at radius 1 is 1.06 bits per heavy atom. The lowest BCUT2D eigenvalue weighted by atomic mass is 10.1. The highest BCUT2D eigenvalue weighted by atomic mass is 32.1. The molecule has 11 heteroatoms. The molecule has 0 aliphatic heterocycles. The van der Waals surface area contributed by atoms with Gasteiger partial charge in [-0.3, -0.25) is 9.59 Å². The number of carbonyl (C=O) groups is 3. The average molecular weight is 477 g/mol. The summed E-state index contributed by atoms with van der Waals surface area (Å²) in [6.45, 7) is 1.35. The molecule has 2 N–H and O–H groups in total. The third-order valence-corrected chi connectivity index (χ3v) is 5.74. The van der Waals surface area contributed by atoms with E-state index < -0.39 is 18.5 Å². The number of esters is 1. The molecule has 34 heavy (non-hydrogen) atoms. The normalized spacial score (nSPS) is 11.4. The van der Waals surface area contributed by atoms with Crippen molar-refractivity contribution in [1.82, 2.24) is 25.5 Å². The van der Waals surface area contributed by atoms with Crippen molar-refractivity contribution in [2.75, 3.05) is 11.9 Å². The molecule has 0 saturated carbocycles.